The maximum absolute atomic E-state index is 10.6. The van der Waals surface area contributed by atoms with Gasteiger partial charge in [0, 0.05) is 0 Å². The van der Waals surface area contributed by atoms with Gasteiger partial charge >= 0.3 is 5.97 Å². The van der Waals surface area contributed by atoms with E-state index < -0.39 is 11.8 Å². The highest BCUT2D eigenvalue weighted by atomic mass is 32.1. The first-order valence-corrected chi connectivity index (χ1v) is 3.41. The summed E-state index contributed by atoms with van der Waals surface area (Å²) >= 11 is 1.13. The first-order chi connectivity index (χ1) is 4.72. The highest BCUT2D eigenvalue weighted by molar-refractivity contribution is 7.12. The predicted octanol–water partition coefficient (Wildman–Crippen LogP) is 1.02. The smallest absolute Gasteiger partial charge is 0.378 e. The zero-order chi connectivity index (χ0) is 7.56. The highest BCUT2D eigenvalue weighted by Gasteiger charge is 2.14. The average Bonchev–Trinajstić information content (AvgIpc) is 2.36. The molecule has 1 N–H and O–H groups in total. The third-order valence-corrected chi connectivity index (χ3v) is 1.81. The Balaban J connectivity index is 2.88. The van der Waals surface area contributed by atoms with Crippen LogP contribution in [0.25, 0.3) is 0 Å². The van der Waals surface area contributed by atoms with Gasteiger partial charge in [-0.15, -0.1) is 11.3 Å². The number of carbonyl (C=O) groups excluding carboxylic acids is 1. The Hall–Kier alpha value is -1.16. The number of hydrogen-bond donors (Lipinski definition) is 1. The molecule has 10 heavy (non-hydrogen) atoms. The fraction of sp³-hybridized carbons (Fsp3) is 0. The molecule has 0 radical (unpaired) electrons. The van der Waals surface area contributed by atoms with E-state index in [0.29, 0.717) is 0 Å². The summed E-state index contributed by atoms with van der Waals surface area (Å²) in [4.78, 5) is 20.9. The topological polar surface area (TPSA) is 54.4 Å². The number of carboxylic acid groups (broad SMARTS) is 1. The Bertz CT molecular complexity index is 250. The van der Waals surface area contributed by atoms with Gasteiger partial charge in [0.15, 0.2) is 0 Å². The van der Waals surface area contributed by atoms with Crippen LogP contribution < -0.4 is 0 Å². The van der Waals surface area contributed by atoms with E-state index in [-0.39, 0.29) is 4.88 Å². The second kappa shape index (κ2) is 2.62. The van der Waals surface area contributed by atoms with Gasteiger partial charge in [-0.3, -0.25) is 4.79 Å². The number of rotatable bonds is 2. The predicted molar refractivity (Wildman–Crippen MR) is 36.3 cm³/mol. The number of aliphatic carboxylic acids is 1. The van der Waals surface area contributed by atoms with Crippen LogP contribution in [0.5, 0.6) is 0 Å². The molecule has 0 aromatic carbocycles. The molecule has 0 amide bonds. The Labute approximate surface area is 60.9 Å². The maximum Gasteiger partial charge on any atom is 0.378 e. The molecule has 0 bridgehead atoms. The van der Waals surface area contributed by atoms with Crippen LogP contribution in [0.2, 0.25) is 0 Å². The minimum Gasteiger partial charge on any atom is -0.475 e. The summed E-state index contributed by atoms with van der Waals surface area (Å²) in [6.07, 6.45) is 0. The number of carbonyl (C=O) groups is 2. The van der Waals surface area contributed by atoms with Crippen LogP contribution in [0.1, 0.15) is 9.67 Å². The van der Waals surface area contributed by atoms with Gasteiger partial charge in [0.1, 0.15) is 0 Å². The molecule has 0 aliphatic heterocycles. The molecule has 0 aliphatic rings. The Morgan fingerprint density at radius 1 is 1.50 bits per heavy atom. The third-order valence-electron chi connectivity index (χ3n) is 0.939. The molecule has 1 heterocycles. The lowest BCUT2D eigenvalue weighted by atomic mass is 10.3. The molecule has 0 spiro atoms. The van der Waals surface area contributed by atoms with Crippen molar-refractivity contribution in [1.82, 2.24) is 0 Å². The van der Waals surface area contributed by atoms with Crippen molar-refractivity contribution in [3.8, 4) is 0 Å². The Morgan fingerprint density at radius 3 is 2.60 bits per heavy atom. The lowest BCUT2D eigenvalue weighted by molar-refractivity contribution is -0.131. The molecule has 1 aromatic rings. The summed E-state index contributed by atoms with van der Waals surface area (Å²) < 4.78 is 0. The van der Waals surface area contributed by atoms with Crippen molar-refractivity contribution < 1.29 is 14.7 Å². The van der Waals surface area contributed by atoms with Crippen molar-refractivity contribution in [3.05, 3.63) is 22.4 Å². The molecule has 0 unspecified atom stereocenters. The van der Waals surface area contributed by atoms with Crippen LogP contribution in [-0.2, 0) is 4.79 Å². The van der Waals surface area contributed by atoms with Gasteiger partial charge in [0.25, 0.3) is 5.78 Å². The van der Waals surface area contributed by atoms with Crippen molar-refractivity contribution >= 4 is 23.1 Å². The summed E-state index contributed by atoms with van der Waals surface area (Å²) in [5.74, 6) is -2.24. The van der Waals surface area contributed by atoms with Gasteiger partial charge in [0.2, 0.25) is 0 Å². The van der Waals surface area contributed by atoms with Crippen molar-refractivity contribution in [2.24, 2.45) is 0 Å². The molecular weight excluding hydrogens is 152 g/mol. The summed E-state index contributed by atoms with van der Waals surface area (Å²) in [7, 11) is 0. The zero-order valence-electron chi connectivity index (χ0n) is 4.90. The van der Waals surface area contributed by atoms with Crippen LogP contribution in [-0.4, -0.2) is 16.9 Å². The fourth-order valence-corrected chi connectivity index (χ4v) is 1.17. The van der Waals surface area contributed by atoms with Gasteiger partial charge in [-0.1, -0.05) is 6.07 Å². The first kappa shape index (κ1) is 6.95. The van der Waals surface area contributed by atoms with Crippen molar-refractivity contribution in [2.75, 3.05) is 0 Å². The van der Waals surface area contributed by atoms with Crippen molar-refractivity contribution in [1.29, 1.82) is 0 Å². The van der Waals surface area contributed by atoms with Crippen LogP contribution >= 0.6 is 11.3 Å². The van der Waals surface area contributed by atoms with E-state index in [1.54, 1.807) is 11.4 Å². The molecule has 1 rings (SSSR count). The Morgan fingerprint density at radius 2 is 2.20 bits per heavy atom. The van der Waals surface area contributed by atoms with Gasteiger partial charge in [-0.25, -0.2) is 4.79 Å². The molecule has 0 atom stereocenters. The quantitative estimate of drug-likeness (QED) is 0.513. The highest BCUT2D eigenvalue weighted by Crippen LogP contribution is 2.08. The molecule has 52 valence electrons. The molecule has 0 saturated heterocycles. The third kappa shape index (κ3) is 1.22. The van der Waals surface area contributed by atoms with Crippen LogP contribution in [0.3, 0.4) is 0 Å². The number of carboxylic acids is 1. The fourth-order valence-electron chi connectivity index (χ4n) is 0.513. The van der Waals surface area contributed by atoms with Gasteiger partial charge in [-0.2, -0.15) is 0 Å². The monoisotopic (exact) mass is 156 g/mol. The van der Waals surface area contributed by atoms with Crippen molar-refractivity contribution in [3.63, 3.8) is 0 Å². The second-order valence-electron chi connectivity index (χ2n) is 1.61. The van der Waals surface area contributed by atoms with Gasteiger partial charge in [-0.05, 0) is 11.4 Å². The van der Waals surface area contributed by atoms with E-state index in [9.17, 15) is 9.59 Å². The van der Waals surface area contributed by atoms with E-state index in [2.05, 4.69) is 0 Å². The van der Waals surface area contributed by atoms with E-state index in [4.69, 9.17) is 5.11 Å². The maximum atomic E-state index is 10.6. The number of ketones is 1. The summed E-state index contributed by atoms with van der Waals surface area (Å²) in [5, 5.41) is 9.87. The zero-order valence-corrected chi connectivity index (χ0v) is 5.72. The average molecular weight is 156 g/mol. The van der Waals surface area contributed by atoms with E-state index in [1.165, 1.54) is 6.07 Å². The minimum atomic E-state index is -1.40. The summed E-state index contributed by atoms with van der Waals surface area (Å²) in [5.41, 5.74) is 0. The molecule has 3 nitrogen and oxygen atoms in total. The SMILES string of the molecule is O=C(O)C(=O)c1cccs1. The van der Waals surface area contributed by atoms with Crippen molar-refractivity contribution in [2.45, 2.75) is 0 Å². The lowest BCUT2D eigenvalue weighted by Crippen LogP contribution is -2.10. The van der Waals surface area contributed by atoms with Gasteiger partial charge < -0.3 is 5.11 Å². The normalized spacial score (nSPS) is 9.20. The van der Waals surface area contributed by atoms with E-state index >= 15 is 0 Å². The van der Waals surface area contributed by atoms with E-state index in [1.807, 2.05) is 0 Å². The number of Topliss-reactive ketones (excluding diaryl/α,β-unsaturated/α-hetero) is 1. The number of thiophene rings is 1. The molecule has 0 fully saturated rings. The lowest BCUT2D eigenvalue weighted by Gasteiger charge is -1.85. The molecule has 1 aromatic heterocycles. The first-order valence-electron chi connectivity index (χ1n) is 2.53. The minimum absolute atomic E-state index is 0.271. The second-order valence-corrected chi connectivity index (χ2v) is 2.56. The van der Waals surface area contributed by atoms with Crippen LogP contribution in [0, 0.1) is 0 Å². The summed E-state index contributed by atoms with van der Waals surface area (Å²) in [6, 6.07) is 3.13. The molecule has 0 saturated carbocycles. The summed E-state index contributed by atoms with van der Waals surface area (Å²) in [6.45, 7) is 0. The molecule has 0 aliphatic carbocycles. The Kier molecular flexibility index (Phi) is 1.82. The number of hydrogen-bond acceptors (Lipinski definition) is 3. The largest absolute Gasteiger partial charge is 0.475 e. The van der Waals surface area contributed by atoms with Crippen LogP contribution in [0.15, 0.2) is 17.5 Å². The van der Waals surface area contributed by atoms with Gasteiger partial charge in [0.05, 0.1) is 4.88 Å². The van der Waals surface area contributed by atoms with Crippen LogP contribution in [0.4, 0.5) is 0 Å². The molecule has 4 heteroatoms. The molecular formula is C6H4O3S. The standard InChI is InChI=1S/C6H4O3S/c7-5(6(8)9)4-2-1-3-10-4/h1-3H,(H,8,9). The van der Waals surface area contributed by atoms with E-state index in [0.717, 1.165) is 11.3 Å².